The van der Waals surface area contributed by atoms with Crippen LogP contribution in [-0.4, -0.2) is 10.1 Å². The van der Waals surface area contributed by atoms with Gasteiger partial charge in [-0.3, -0.25) is 4.98 Å². The number of nitrogens with zero attached hydrogens (tertiary/aromatic N) is 2. The van der Waals surface area contributed by atoms with Crippen molar-refractivity contribution >= 4 is 21.8 Å². The molecule has 0 fully saturated rings. The van der Waals surface area contributed by atoms with Gasteiger partial charge in [0.2, 0.25) is 5.88 Å². The fourth-order valence-corrected chi connectivity index (χ4v) is 2.29. The lowest BCUT2D eigenvalue weighted by atomic mass is 10.0. The van der Waals surface area contributed by atoms with Crippen LogP contribution in [0.25, 0.3) is 22.5 Å². The van der Waals surface area contributed by atoms with E-state index in [-0.39, 0.29) is 5.88 Å². The number of hydrogen-bond acceptors (Lipinski definition) is 4. The fourth-order valence-electron chi connectivity index (χ4n) is 1.89. The molecule has 0 amide bonds. The van der Waals surface area contributed by atoms with Crippen molar-refractivity contribution in [1.29, 1.82) is 0 Å². The van der Waals surface area contributed by atoms with Gasteiger partial charge in [0.15, 0.2) is 0 Å². The zero-order valence-corrected chi connectivity index (χ0v) is 11.5. The normalized spacial score (nSPS) is 10.6. The van der Waals surface area contributed by atoms with Gasteiger partial charge in [-0.25, -0.2) is 0 Å². The molecule has 3 aromatic rings. The standard InChI is InChI=1S/C14H10BrN3O/c15-10-5-3-4-9(8-10)13-12(14(16)19-18-13)11-6-1-2-7-17-11/h1-8H,16H2. The molecule has 3 rings (SSSR count). The van der Waals surface area contributed by atoms with Gasteiger partial charge in [-0.1, -0.05) is 39.3 Å². The van der Waals surface area contributed by atoms with Gasteiger partial charge in [-0.05, 0) is 24.3 Å². The van der Waals surface area contributed by atoms with Crippen LogP contribution in [0.2, 0.25) is 0 Å². The fraction of sp³-hybridized carbons (Fsp3) is 0. The second-order valence-corrected chi connectivity index (χ2v) is 4.91. The van der Waals surface area contributed by atoms with Crippen molar-refractivity contribution in [2.45, 2.75) is 0 Å². The Labute approximate surface area is 118 Å². The van der Waals surface area contributed by atoms with E-state index < -0.39 is 0 Å². The molecular weight excluding hydrogens is 306 g/mol. The summed E-state index contributed by atoms with van der Waals surface area (Å²) in [6.45, 7) is 0. The van der Waals surface area contributed by atoms with Gasteiger partial charge in [0, 0.05) is 16.2 Å². The molecule has 1 aromatic carbocycles. The topological polar surface area (TPSA) is 64.9 Å². The Hall–Kier alpha value is -2.14. The lowest BCUT2D eigenvalue weighted by Gasteiger charge is -2.02. The van der Waals surface area contributed by atoms with E-state index in [4.69, 9.17) is 10.3 Å². The van der Waals surface area contributed by atoms with Crippen molar-refractivity contribution < 1.29 is 4.52 Å². The van der Waals surface area contributed by atoms with E-state index in [1.54, 1.807) is 6.20 Å². The Bertz CT molecular complexity index is 710. The molecule has 0 aliphatic rings. The molecular formula is C14H10BrN3O. The summed E-state index contributed by atoms with van der Waals surface area (Å²) in [6, 6.07) is 13.4. The first kappa shape index (κ1) is 11.9. The van der Waals surface area contributed by atoms with Crippen molar-refractivity contribution in [3.8, 4) is 22.5 Å². The molecule has 2 N–H and O–H groups in total. The molecule has 2 heterocycles. The number of benzene rings is 1. The highest BCUT2D eigenvalue weighted by Crippen LogP contribution is 2.35. The quantitative estimate of drug-likeness (QED) is 0.782. The van der Waals surface area contributed by atoms with Gasteiger partial charge in [0.25, 0.3) is 0 Å². The van der Waals surface area contributed by atoms with Gasteiger partial charge < -0.3 is 10.3 Å². The third-order valence-electron chi connectivity index (χ3n) is 2.74. The van der Waals surface area contributed by atoms with Gasteiger partial charge in [0.05, 0.1) is 11.3 Å². The zero-order valence-electron chi connectivity index (χ0n) is 9.88. The van der Waals surface area contributed by atoms with E-state index in [9.17, 15) is 0 Å². The van der Waals surface area contributed by atoms with E-state index in [2.05, 4.69) is 26.1 Å². The predicted molar refractivity (Wildman–Crippen MR) is 77.3 cm³/mol. The highest BCUT2D eigenvalue weighted by molar-refractivity contribution is 9.10. The summed E-state index contributed by atoms with van der Waals surface area (Å²) < 4.78 is 6.09. The van der Waals surface area contributed by atoms with Crippen LogP contribution in [0.5, 0.6) is 0 Å². The number of anilines is 1. The first-order chi connectivity index (χ1) is 9.25. The molecule has 5 heteroatoms. The van der Waals surface area contributed by atoms with Crippen LogP contribution in [-0.2, 0) is 0 Å². The second kappa shape index (κ2) is 4.85. The van der Waals surface area contributed by atoms with E-state index in [0.29, 0.717) is 5.69 Å². The minimum Gasteiger partial charge on any atom is -0.367 e. The second-order valence-electron chi connectivity index (χ2n) is 4.00. The number of rotatable bonds is 2. The van der Waals surface area contributed by atoms with Crippen LogP contribution in [0.4, 0.5) is 5.88 Å². The van der Waals surface area contributed by atoms with Crippen LogP contribution < -0.4 is 5.73 Å². The molecule has 19 heavy (non-hydrogen) atoms. The molecule has 0 bridgehead atoms. The number of nitrogens with two attached hydrogens (primary N) is 1. The average Bonchev–Trinajstić information content (AvgIpc) is 2.82. The summed E-state index contributed by atoms with van der Waals surface area (Å²) in [6.07, 6.45) is 1.71. The highest BCUT2D eigenvalue weighted by Gasteiger charge is 2.18. The molecule has 0 saturated carbocycles. The molecule has 94 valence electrons. The molecule has 4 nitrogen and oxygen atoms in total. The molecule has 0 saturated heterocycles. The maximum Gasteiger partial charge on any atom is 0.232 e. The van der Waals surface area contributed by atoms with Crippen molar-refractivity contribution in [1.82, 2.24) is 10.1 Å². The first-order valence-corrected chi connectivity index (χ1v) is 6.47. The van der Waals surface area contributed by atoms with E-state index in [1.165, 1.54) is 0 Å². The van der Waals surface area contributed by atoms with Crippen LogP contribution in [0, 0.1) is 0 Å². The maximum absolute atomic E-state index is 5.87. The number of pyridine rings is 1. The molecule has 0 unspecified atom stereocenters. The third kappa shape index (κ3) is 2.24. The van der Waals surface area contributed by atoms with Gasteiger partial charge in [0.1, 0.15) is 5.69 Å². The van der Waals surface area contributed by atoms with Crippen LogP contribution in [0.15, 0.2) is 57.7 Å². The summed E-state index contributed by atoms with van der Waals surface area (Å²) in [5, 5.41) is 4.04. The smallest absolute Gasteiger partial charge is 0.232 e. The largest absolute Gasteiger partial charge is 0.367 e. The number of nitrogen functional groups attached to an aromatic ring is 1. The Balaban J connectivity index is 2.19. The van der Waals surface area contributed by atoms with E-state index in [0.717, 1.165) is 21.3 Å². The first-order valence-electron chi connectivity index (χ1n) is 5.68. The van der Waals surface area contributed by atoms with Gasteiger partial charge >= 0.3 is 0 Å². The van der Waals surface area contributed by atoms with Gasteiger partial charge in [-0.15, -0.1) is 0 Å². The van der Waals surface area contributed by atoms with Crippen molar-refractivity contribution in [3.05, 3.63) is 53.1 Å². The van der Waals surface area contributed by atoms with Crippen molar-refractivity contribution in [2.75, 3.05) is 5.73 Å². The Morgan fingerprint density at radius 1 is 1.11 bits per heavy atom. The third-order valence-corrected chi connectivity index (χ3v) is 3.23. The van der Waals surface area contributed by atoms with Crippen LogP contribution in [0.3, 0.4) is 0 Å². The zero-order chi connectivity index (χ0) is 13.2. The maximum atomic E-state index is 5.87. The van der Waals surface area contributed by atoms with Crippen LogP contribution >= 0.6 is 15.9 Å². The summed E-state index contributed by atoms with van der Waals surface area (Å²) in [4.78, 5) is 4.30. The summed E-state index contributed by atoms with van der Waals surface area (Å²) in [7, 11) is 0. The highest BCUT2D eigenvalue weighted by atomic mass is 79.9. The summed E-state index contributed by atoms with van der Waals surface area (Å²) >= 11 is 3.44. The van der Waals surface area contributed by atoms with Gasteiger partial charge in [-0.2, -0.15) is 0 Å². The minimum absolute atomic E-state index is 0.272. The lowest BCUT2D eigenvalue weighted by Crippen LogP contribution is -1.89. The minimum atomic E-state index is 0.272. The molecule has 0 radical (unpaired) electrons. The molecule has 0 aliphatic heterocycles. The molecule has 0 atom stereocenters. The predicted octanol–water partition coefficient (Wildman–Crippen LogP) is 3.75. The van der Waals surface area contributed by atoms with E-state index in [1.807, 2.05) is 42.5 Å². The number of aromatic nitrogens is 2. The Morgan fingerprint density at radius 3 is 2.74 bits per heavy atom. The van der Waals surface area contributed by atoms with Crippen LogP contribution in [0.1, 0.15) is 0 Å². The summed E-state index contributed by atoms with van der Waals surface area (Å²) in [5.74, 6) is 0.272. The number of hydrogen-bond donors (Lipinski definition) is 1. The Kier molecular flexibility index (Phi) is 3.05. The monoisotopic (exact) mass is 315 g/mol. The summed E-state index contributed by atoms with van der Waals surface area (Å²) in [5.41, 5.74) is 8.95. The molecule has 0 spiro atoms. The van der Waals surface area contributed by atoms with E-state index >= 15 is 0 Å². The van der Waals surface area contributed by atoms with Crippen molar-refractivity contribution in [2.24, 2.45) is 0 Å². The average molecular weight is 316 g/mol. The van der Waals surface area contributed by atoms with Crippen molar-refractivity contribution in [3.63, 3.8) is 0 Å². The number of halogens is 1. The SMILES string of the molecule is Nc1onc(-c2cccc(Br)c2)c1-c1ccccn1. The lowest BCUT2D eigenvalue weighted by molar-refractivity contribution is 0.439. The Morgan fingerprint density at radius 2 is 2.00 bits per heavy atom. The molecule has 0 aliphatic carbocycles. The molecule has 2 aromatic heterocycles.